The van der Waals surface area contributed by atoms with Crippen molar-refractivity contribution in [1.82, 2.24) is 0 Å². The number of hydrogen-bond acceptors (Lipinski definition) is 8. The summed E-state index contributed by atoms with van der Waals surface area (Å²) in [5.41, 5.74) is -3.43. The van der Waals surface area contributed by atoms with Crippen LogP contribution >= 0.6 is 0 Å². The Hall–Kier alpha value is -2.84. The van der Waals surface area contributed by atoms with Gasteiger partial charge in [-0.25, -0.2) is 0 Å². The Morgan fingerprint density at radius 3 is 1.41 bits per heavy atom. The van der Waals surface area contributed by atoms with Crippen molar-refractivity contribution in [2.24, 2.45) is 0 Å². The van der Waals surface area contributed by atoms with Crippen molar-refractivity contribution in [2.75, 3.05) is 0 Å². The number of ether oxygens (including phenoxy) is 5. The molecule has 0 radical (unpaired) electrons. The minimum atomic E-state index is -6.09. The molecule has 0 N–H and O–H groups in total. The van der Waals surface area contributed by atoms with E-state index in [1.54, 1.807) is 48.5 Å². The van der Waals surface area contributed by atoms with E-state index in [0.29, 0.717) is 12.8 Å². The van der Waals surface area contributed by atoms with Crippen LogP contribution in [-0.2, 0) is 57.8 Å². The fraction of sp³-hybridized carbons (Fsp3) is 0.471. The van der Waals surface area contributed by atoms with E-state index < -0.39 is 58.0 Å². The van der Waals surface area contributed by atoms with Gasteiger partial charge in [-0.2, -0.15) is 21.6 Å². The molecule has 3 fully saturated rings. The molecule has 8 nitrogen and oxygen atoms in total. The fourth-order valence-electron chi connectivity index (χ4n) is 6.42. The summed E-state index contributed by atoms with van der Waals surface area (Å²) in [6.07, 6.45) is -3.59. The van der Waals surface area contributed by atoms with Gasteiger partial charge in [0.2, 0.25) is 0 Å². The molecule has 3 aromatic rings. The first-order valence-electron chi connectivity index (χ1n) is 15.5. The molecule has 12 heteroatoms. The van der Waals surface area contributed by atoms with Gasteiger partial charge >= 0.3 is 15.6 Å². The van der Waals surface area contributed by atoms with Gasteiger partial charge in [0.1, 0.15) is 36.6 Å². The summed E-state index contributed by atoms with van der Waals surface area (Å²) in [6.45, 7) is -0.0417. The summed E-state index contributed by atoms with van der Waals surface area (Å²) in [6, 6.07) is 27.3. The van der Waals surface area contributed by atoms with Crippen LogP contribution in [0, 0.1) is 0 Å². The van der Waals surface area contributed by atoms with Crippen LogP contribution in [0.1, 0.15) is 48.8 Å². The number of fused-ring (bicyclic) bond motifs is 1. The van der Waals surface area contributed by atoms with E-state index in [9.17, 15) is 21.6 Å². The molecule has 3 aliphatic rings. The summed E-state index contributed by atoms with van der Waals surface area (Å²) in [4.78, 5) is 0. The van der Waals surface area contributed by atoms with E-state index in [1.807, 2.05) is 42.5 Å². The lowest BCUT2D eigenvalue weighted by Crippen LogP contribution is -2.66. The zero-order valence-corrected chi connectivity index (χ0v) is 25.9. The van der Waals surface area contributed by atoms with Gasteiger partial charge in [-0.05, 0) is 29.5 Å². The molecule has 6 rings (SSSR count). The van der Waals surface area contributed by atoms with Crippen molar-refractivity contribution in [3.8, 4) is 0 Å². The molecule has 1 aliphatic heterocycles. The topological polar surface area (TPSA) is 89.5 Å². The number of alkyl halides is 3. The molecule has 3 unspecified atom stereocenters. The Balaban J connectivity index is 1.41. The van der Waals surface area contributed by atoms with Crippen LogP contribution in [0.3, 0.4) is 0 Å². The average molecular weight is 663 g/mol. The molecule has 0 aromatic heterocycles. The largest absolute Gasteiger partial charge is 0.523 e. The molecule has 1 saturated heterocycles. The maximum Gasteiger partial charge on any atom is 0.523 e. The van der Waals surface area contributed by atoms with Crippen LogP contribution in [0.25, 0.3) is 0 Å². The van der Waals surface area contributed by atoms with Crippen LogP contribution in [-0.4, -0.2) is 56.3 Å². The molecule has 1 heterocycles. The SMILES string of the molecule is O=S(=O)(O[C@H]1C(OCc2ccccc2)C2OC3(CCCCC3)O[C@@H]2[C@@H](OCc2ccccc2)C1OCc1ccccc1)C(F)(F)F. The molecule has 6 atom stereocenters. The first-order valence-corrected chi connectivity index (χ1v) is 16.9. The van der Waals surface area contributed by atoms with Crippen molar-refractivity contribution in [1.29, 1.82) is 0 Å². The Morgan fingerprint density at radius 1 is 0.609 bits per heavy atom. The number of rotatable bonds is 11. The summed E-state index contributed by atoms with van der Waals surface area (Å²) in [5, 5.41) is 0. The maximum atomic E-state index is 13.9. The Kier molecular flexibility index (Phi) is 10.1. The number of benzene rings is 3. The van der Waals surface area contributed by atoms with Crippen molar-refractivity contribution in [3.63, 3.8) is 0 Å². The van der Waals surface area contributed by atoms with Gasteiger partial charge in [0.25, 0.3) is 0 Å². The normalized spacial score (nSPS) is 27.8. The first kappa shape index (κ1) is 33.1. The van der Waals surface area contributed by atoms with Gasteiger partial charge in [0.15, 0.2) is 5.79 Å². The van der Waals surface area contributed by atoms with Crippen molar-refractivity contribution >= 4 is 10.1 Å². The molecule has 0 amide bonds. The van der Waals surface area contributed by atoms with Crippen LogP contribution < -0.4 is 0 Å². The zero-order valence-electron chi connectivity index (χ0n) is 25.1. The average Bonchev–Trinajstić information content (AvgIpc) is 3.41. The second kappa shape index (κ2) is 14.1. The van der Waals surface area contributed by atoms with Gasteiger partial charge in [-0.3, -0.25) is 4.18 Å². The molecule has 248 valence electrons. The molecule has 1 spiro atoms. The van der Waals surface area contributed by atoms with Gasteiger partial charge in [-0.1, -0.05) is 97.4 Å². The van der Waals surface area contributed by atoms with Crippen LogP contribution in [0.5, 0.6) is 0 Å². The zero-order chi connectivity index (χ0) is 32.2. The third kappa shape index (κ3) is 7.49. The number of halogens is 3. The van der Waals surface area contributed by atoms with E-state index in [4.69, 9.17) is 27.9 Å². The van der Waals surface area contributed by atoms with Crippen LogP contribution in [0.2, 0.25) is 0 Å². The van der Waals surface area contributed by atoms with Gasteiger partial charge < -0.3 is 23.7 Å². The summed E-state index contributed by atoms with van der Waals surface area (Å²) in [7, 11) is -6.09. The van der Waals surface area contributed by atoms with Crippen LogP contribution in [0.4, 0.5) is 13.2 Å². The summed E-state index contributed by atoms with van der Waals surface area (Å²) >= 11 is 0. The lowest BCUT2D eigenvalue weighted by Gasteiger charge is -2.46. The molecular weight excluding hydrogens is 625 g/mol. The highest BCUT2D eigenvalue weighted by Crippen LogP contribution is 2.48. The third-order valence-corrected chi connectivity index (χ3v) is 9.68. The molecular formula is C34H37F3O8S. The molecule has 3 aromatic carbocycles. The van der Waals surface area contributed by atoms with Crippen molar-refractivity contribution in [3.05, 3.63) is 108 Å². The van der Waals surface area contributed by atoms with E-state index in [0.717, 1.165) is 36.0 Å². The Labute approximate surface area is 266 Å². The predicted molar refractivity (Wildman–Crippen MR) is 160 cm³/mol. The molecule has 46 heavy (non-hydrogen) atoms. The first-order chi connectivity index (χ1) is 22.1. The van der Waals surface area contributed by atoms with E-state index >= 15 is 0 Å². The highest BCUT2D eigenvalue weighted by atomic mass is 32.2. The highest BCUT2D eigenvalue weighted by Gasteiger charge is 2.64. The lowest BCUT2D eigenvalue weighted by atomic mass is 9.84. The van der Waals surface area contributed by atoms with Crippen molar-refractivity contribution in [2.45, 2.75) is 99.8 Å². The van der Waals surface area contributed by atoms with Gasteiger partial charge in [-0.15, -0.1) is 0 Å². The number of hydrogen-bond donors (Lipinski definition) is 0. The third-order valence-electron chi connectivity index (χ3n) is 8.64. The quantitative estimate of drug-likeness (QED) is 0.171. The molecule has 0 bridgehead atoms. The van der Waals surface area contributed by atoms with E-state index in [2.05, 4.69) is 0 Å². The predicted octanol–water partition coefficient (Wildman–Crippen LogP) is 6.44. The van der Waals surface area contributed by atoms with Crippen molar-refractivity contribution < 1.29 is 49.5 Å². The highest BCUT2D eigenvalue weighted by molar-refractivity contribution is 7.87. The smallest absolute Gasteiger partial charge is 0.368 e. The van der Waals surface area contributed by atoms with Gasteiger partial charge in [0, 0.05) is 12.8 Å². The monoisotopic (exact) mass is 662 g/mol. The molecule has 2 aliphatic carbocycles. The second-order valence-electron chi connectivity index (χ2n) is 11.9. The summed E-state index contributed by atoms with van der Waals surface area (Å²) in [5.74, 6) is -1.02. The minimum Gasteiger partial charge on any atom is -0.368 e. The Bertz CT molecular complexity index is 1500. The second-order valence-corrected chi connectivity index (χ2v) is 13.4. The van der Waals surface area contributed by atoms with Gasteiger partial charge in [0.05, 0.1) is 19.8 Å². The van der Waals surface area contributed by atoms with E-state index in [1.165, 1.54) is 0 Å². The lowest BCUT2D eigenvalue weighted by molar-refractivity contribution is -0.233. The Morgan fingerprint density at radius 2 is 1.00 bits per heavy atom. The van der Waals surface area contributed by atoms with E-state index in [-0.39, 0.29) is 19.8 Å². The maximum absolute atomic E-state index is 13.9. The fourth-order valence-corrected chi connectivity index (χ4v) is 7.04. The van der Waals surface area contributed by atoms with Crippen LogP contribution in [0.15, 0.2) is 91.0 Å². The standard InChI is InChI=1S/C34H37F3O8S/c35-34(36,37)46(38,39)45-32-28(41-22-25-15-7-2-8-16-25)27(40-21-24-13-5-1-6-14-24)30-31(44-33(43-30)19-11-4-12-20-33)29(32)42-23-26-17-9-3-10-18-26/h1-3,5-10,13-18,27-32H,4,11-12,19-23H2/t27-,28?,29?,30+,31?,32+/m0/s1. The summed E-state index contributed by atoms with van der Waals surface area (Å²) < 4.78 is 104. The molecule has 2 saturated carbocycles. The minimum absolute atomic E-state index is 0.0437.